The van der Waals surface area contributed by atoms with Crippen LogP contribution in [0.1, 0.15) is 16.7 Å². The highest BCUT2D eigenvalue weighted by molar-refractivity contribution is 5.33. The molecule has 0 unspecified atom stereocenters. The lowest BCUT2D eigenvalue weighted by Gasteiger charge is -2.14. The molecule has 0 aliphatic heterocycles. The highest BCUT2D eigenvalue weighted by Crippen LogP contribution is 2.36. The van der Waals surface area contributed by atoms with Crippen molar-refractivity contribution in [3.05, 3.63) is 34.9 Å². The third-order valence-electron chi connectivity index (χ3n) is 2.56. The molecule has 0 amide bonds. The normalized spacial score (nSPS) is 12.7. The molecular formula is C12H13F6N5. The van der Waals surface area contributed by atoms with Gasteiger partial charge in [0.05, 0.1) is 18.2 Å². The van der Waals surface area contributed by atoms with Crippen LogP contribution in [-0.2, 0) is 18.9 Å². The molecule has 0 atom stereocenters. The van der Waals surface area contributed by atoms with Crippen molar-refractivity contribution in [3.63, 3.8) is 0 Å². The molecule has 5 nitrogen and oxygen atoms in total. The lowest BCUT2D eigenvalue weighted by atomic mass is 10.0. The van der Waals surface area contributed by atoms with Gasteiger partial charge in [-0.25, -0.2) is 0 Å². The molecule has 1 aromatic rings. The lowest BCUT2D eigenvalue weighted by Crippen LogP contribution is -2.16. The van der Waals surface area contributed by atoms with Crippen molar-refractivity contribution in [2.24, 2.45) is 15.4 Å². The number of benzene rings is 1. The molecule has 0 bridgehead atoms. The quantitative estimate of drug-likeness (QED) is 0.282. The van der Waals surface area contributed by atoms with Crippen molar-refractivity contribution in [2.45, 2.75) is 18.9 Å². The summed E-state index contributed by atoms with van der Waals surface area (Å²) in [4.78, 5) is 0. The molecule has 1 aromatic carbocycles. The number of nitrogens with one attached hydrogen (secondary N) is 1. The summed E-state index contributed by atoms with van der Waals surface area (Å²) in [5, 5.41) is 14.0. The van der Waals surface area contributed by atoms with E-state index in [1.165, 1.54) is 7.05 Å². The molecule has 0 saturated carbocycles. The van der Waals surface area contributed by atoms with E-state index in [9.17, 15) is 26.3 Å². The van der Waals surface area contributed by atoms with Crippen molar-refractivity contribution in [1.82, 2.24) is 10.4 Å². The number of hydrogen-bond acceptors (Lipinski definition) is 4. The standard InChI is InChI=1S/C12H13F6N5/c1-19-23(2)22-21-7-20-6-8-3-9(11(13,14)15)5-10(4-8)12(16,17)18/h3-5,20H,1,6-7H2,2H3/b22-21-. The van der Waals surface area contributed by atoms with Crippen LogP contribution in [-0.4, -0.2) is 25.6 Å². The van der Waals surface area contributed by atoms with Gasteiger partial charge in [-0.05, 0) is 23.8 Å². The molecule has 11 heteroatoms. The Morgan fingerprint density at radius 1 is 1.04 bits per heavy atom. The van der Waals surface area contributed by atoms with Crippen molar-refractivity contribution in [1.29, 1.82) is 0 Å². The molecule has 1 N–H and O–H groups in total. The fourth-order valence-electron chi connectivity index (χ4n) is 1.52. The molecular weight excluding hydrogens is 328 g/mol. The van der Waals surface area contributed by atoms with E-state index in [2.05, 4.69) is 27.5 Å². The fraction of sp³-hybridized carbons (Fsp3) is 0.417. The Hall–Kier alpha value is -2.17. The zero-order valence-corrected chi connectivity index (χ0v) is 11.9. The lowest BCUT2D eigenvalue weighted by molar-refractivity contribution is -0.143. The first kappa shape index (κ1) is 18.9. The van der Waals surface area contributed by atoms with Gasteiger partial charge in [-0.2, -0.15) is 41.7 Å². The van der Waals surface area contributed by atoms with Gasteiger partial charge < -0.3 is 0 Å². The second kappa shape index (κ2) is 7.40. The number of hydrazone groups is 1. The van der Waals surface area contributed by atoms with Crippen LogP contribution in [0, 0.1) is 0 Å². The monoisotopic (exact) mass is 341 g/mol. The third kappa shape index (κ3) is 6.22. The molecule has 1 rings (SSSR count). The topological polar surface area (TPSA) is 52.4 Å². The molecule has 0 aliphatic carbocycles. The second-order valence-corrected chi connectivity index (χ2v) is 4.36. The Morgan fingerprint density at radius 2 is 1.57 bits per heavy atom. The van der Waals surface area contributed by atoms with Crippen LogP contribution in [0.2, 0.25) is 0 Å². The van der Waals surface area contributed by atoms with Gasteiger partial charge in [-0.15, -0.1) is 0 Å². The Kier molecular flexibility index (Phi) is 6.07. The van der Waals surface area contributed by atoms with Crippen molar-refractivity contribution < 1.29 is 26.3 Å². The van der Waals surface area contributed by atoms with Crippen LogP contribution < -0.4 is 5.32 Å². The summed E-state index contributed by atoms with van der Waals surface area (Å²) in [6.45, 7) is 2.81. The number of nitrogens with zero attached hydrogens (tertiary/aromatic N) is 4. The molecule has 0 spiro atoms. The number of rotatable bonds is 6. The second-order valence-electron chi connectivity index (χ2n) is 4.36. The molecule has 0 heterocycles. The van der Waals surface area contributed by atoms with E-state index in [-0.39, 0.29) is 24.8 Å². The van der Waals surface area contributed by atoms with Crippen molar-refractivity contribution in [3.8, 4) is 0 Å². The van der Waals surface area contributed by atoms with E-state index >= 15 is 0 Å². The molecule has 0 radical (unpaired) electrons. The molecule has 0 fully saturated rings. The highest BCUT2D eigenvalue weighted by Gasteiger charge is 2.36. The zero-order valence-electron chi connectivity index (χ0n) is 11.9. The van der Waals surface area contributed by atoms with Gasteiger partial charge >= 0.3 is 12.4 Å². The molecule has 23 heavy (non-hydrogen) atoms. The first-order valence-corrected chi connectivity index (χ1v) is 6.11. The van der Waals surface area contributed by atoms with Gasteiger partial charge in [0.2, 0.25) is 0 Å². The minimum Gasteiger partial charge on any atom is -0.293 e. The SMILES string of the molecule is C=NN(C)/N=N\CNCc1cc(C(F)(F)F)cc(C(F)(F)F)c1. The Bertz CT molecular complexity index is 534. The van der Waals surface area contributed by atoms with Crippen LogP contribution in [0.15, 0.2) is 33.6 Å². The summed E-state index contributed by atoms with van der Waals surface area (Å²) in [7, 11) is 1.44. The number of alkyl halides is 6. The summed E-state index contributed by atoms with van der Waals surface area (Å²) >= 11 is 0. The van der Waals surface area contributed by atoms with Crippen LogP contribution in [0.25, 0.3) is 0 Å². The highest BCUT2D eigenvalue weighted by atomic mass is 19.4. The largest absolute Gasteiger partial charge is 0.416 e. The van der Waals surface area contributed by atoms with Crippen LogP contribution in [0.3, 0.4) is 0 Å². The zero-order chi connectivity index (χ0) is 17.7. The average molecular weight is 341 g/mol. The smallest absolute Gasteiger partial charge is 0.293 e. The number of hydrogen-bond donors (Lipinski definition) is 1. The van der Waals surface area contributed by atoms with Crippen molar-refractivity contribution in [2.75, 3.05) is 13.7 Å². The van der Waals surface area contributed by atoms with E-state index in [0.29, 0.717) is 12.1 Å². The summed E-state index contributed by atoms with van der Waals surface area (Å²) in [6, 6.07) is 1.38. The molecule has 128 valence electrons. The Balaban J connectivity index is 2.85. The van der Waals surface area contributed by atoms with E-state index in [4.69, 9.17) is 0 Å². The summed E-state index contributed by atoms with van der Waals surface area (Å²) in [5.41, 5.74) is -2.89. The van der Waals surface area contributed by atoms with Crippen molar-refractivity contribution >= 4 is 6.72 Å². The van der Waals surface area contributed by atoms with Gasteiger partial charge in [-0.3, -0.25) is 5.32 Å². The number of halogens is 6. The average Bonchev–Trinajstić information content (AvgIpc) is 2.44. The van der Waals surface area contributed by atoms with Gasteiger partial charge in [0, 0.05) is 13.3 Å². The Labute approximate surface area is 127 Å². The minimum atomic E-state index is -4.87. The molecule has 0 aromatic heterocycles. The molecule has 0 aliphatic rings. The fourth-order valence-corrected chi connectivity index (χ4v) is 1.52. The van der Waals surface area contributed by atoms with Gasteiger partial charge in [0.15, 0.2) is 0 Å². The predicted molar refractivity (Wildman–Crippen MR) is 70.3 cm³/mol. The van der Waals surface area contributed by atoms with Crippen LogP contribution in [0.5, 0.6) is 0 Å². The van der Waals surface area contributed by atoms with E-state index in [1.54, 1.807) is 0 Å². The van der Waals surface area contributed by atoms with Crippen LogP contribution >= 0.6 is 0 Å². The summed E-state index contributed by atoms with van der Waals surface area (Å²) < 4.78 is 76.0. The Morgan fingerprint density at radius 3 is 2.00 bits per heavy atom. The van der Waals surface area contributed by atoms with E-state index in [1.807, 2.05) is 0 Å². The van der Waals surface area contributed by atoms with Crippen LogP contribution in [0.4, 0.5) is 26.3 Å². The molecule has 0 saturated heterocycles. The minimum absolute atomic E-state index is 0.0773. The first-order valence-electron chi connectivity index (χ1n) is 6.11. The van der Waals surface area contributed by atoms with Gasteiger partial charge in [0.25, 0.3) is 0 Å². The first-order chi connectivity index (χ1) is 10.5. The predicted octanol–water partition coefficient (Wildman–Crippen LogP) is 3.69. The maximum Gasteiger partial charge on any atom is 0.416 e. The van der Waals surface area contributed by atoms with E-state index in [0.717, 1.165) is 5.12 Å². The van der Waals surface area contributed by atoms with Gasteiger partial charge in [-0.1, -0.05) is 5.22 Å². The maximum atomic E-state index is 12.7. The summed E-state index contributed by atoms with van der Waals surface area (Å²) in [5.74, 6) is 0. The maximum absolute atomic E-state index is 12.7. The third-order valence-corrected chi connectivity index (χ3v) is 2.56. The summed E-state index contributed by atoms with van der Waals surface area (Å²) in [6.07, 6.45) is -9.73. The van der Waals surface area contributed by atoms with E-state index < -0.39 is 23.5 Å². The van der Waals surface area contributed by atoms with Gasteiger partial charge in [0.1, 0.15) is 6.67 Å².